The van der Waals surface area contributed by atoms with E-state index in [0.29, 0.717) is 5.56 Å². The van der Waals surface area contributed by atoms with Crippen molar-refractivity contribution in [2.75, 3.05) is 13.2 Å². The third-order valence-corrected chi connectivity index (χ3v) is 2.01. The highest BCUT2D eigenvalue weighted by atomic mass is 16.5. The lowest BCUT2D eigenvalue weighted by Gasteiger charge is -2.02. The molecule has 4 nitrogen and oxygen atoms in total. The van der Waals surface area contributed by atoms with Crippen LogP contribution >= 0.6 is 0 Å². The maximum Gasteiger partial charge on any atom is 0.306 e. The average Bonchev–Trinajstić information content (AvgIpc) is 2.34. The highest BCUT2D eigenvalue weighted by molar-refractivity contribution is 5.97. The molecule has 1 N–H and O–H groups in total. The molecule has 1 aromatic carbocycles. The number of Topliss-reactive ketones (excluding diaryl/α,β-unsaturated/α-hetero) is 1. The molecule has 0 fully saturated rings. The summed E-state index contributed by atoms with van der Waals surface area (Å²) in [5, 5.41) is 8.43. The Hall–Kier alpha value is -1.68. The molecule has 0 spiro atoms. The Morgan fingerprint density at radius 3 is 2.44 bits per heavy atom. The van der Waals surface area contributed by atoms with Crippen molar-refractivity contribution < 1.29 is 19.4 Å². The zero-order valence-corrected chi connectivity index (χ0v) is 8.89. The molecule has 0 amide bonds. The van der Waals surface area contributed by atoms with Crippen LogP contribution in [-0.4, -0.2) is 30.1 Å². The summed E-state index contributed by atoms with van der Waals surface area (Å²) in [5.74, 6) is -0.542. The van der Waals surface area contributed by atoms with Crippen LogP contribution in [0.5, 0.6) is 0 Å². The summed E-state index contributed by atoms with van der Waals surface area (Å²) in [4.78, 5) is 22.6. The first kappa shape index (κ1) is 12.4. The van der Waals surface area contributed by atoms with Gasteiger partial charge >= 0.3 is 5.97 Å². The summed E-state index contributed by atoms with van der Waals surface area (Å²) in [6, 6.07) is 8.80. The van der Waals surface area contributed by atoms with Gasteiger partial charge in [-0.3, -0.25) is 9.59 Å². The number of aliphatic hydroxyl groups excluding tert-OH is 1. The van der Waals surface area contributed by atoms with Crippen molar-refractivity contribution in [3.05, 3.63) is 35.9 Å². The molecule has 0 aliphatic heterocycles. The maximum atomic E-state index is 11.6. The molecule has 16 heavy (non-hydrogen) atoms. The Bertz CT molecular complexity index is 345. The third-order valence-electron chi connectivity index (χ3n) is 2.01. The van der Waals surface area contributed by atoms with Gasteiger partial charge in [0.2, 0.25) is 0 Å². The Morgan fingerprint density at radius 2 is 1.81 bits per heavy atom. The average molecular weight is 222 g/mol. The lowest BCUT2D eigenvalue weighted by molar-refractivity contribution is -0.144. The molecule has 0 atom stereocenters. The fourth-order valence-corrected chi connectivity index (χ4v) is 1.22. The molecule has 1 aromatic rings. The SMILES string of the molecule is O=C(CCC(=O)c1ccccc1)OCCO. The smallest absolute Gasteiger partial charge is 0.306 e. The second kappa shape index (κ2) is 6.74. The van der Waals surface area contributed by atoms with E-state index in [2.05, 4.69) is 4.74 Å². The van der Waals surface area contributed by atoms with Crippen LogP contribution in [0, 0.1) is 0 Å². The van der Waals surface area contributed by atoms with Gasteiger partial charge in [0.1, 0.15) is 6.61 Å². The van der Waals surface area contributed by atoms with Gasteiger partial charge in [-0.05, 0) is 0 Å². The Labute approximate surface area is 93.9 Å². The molecule has 86 valence electrons. The quantitative estimate of drug-likeness (QED) is 0.580. The Balaban J connectivity index is 2.33. The van der Waals surface area contributed by atoms with E-state index in [0.717, 1.165) is 0 Å². The van der Waals surface area contributed by atoms with Crippen molar-refractivity contribution >= 4 is 11.8 Å². The molecule has 0 bridgehead atoms. The molecule has 0 unspecified atom stereocenters. The zero-order valence-electron chi connectivity index (χ0n) is 8.89. The first-order valence-electron chi connectivity index (χ1n) is 5.09. The topological polar surface area (TPSA) is 63.6 Å². The highest BCUT2D eigenvalue weighted by Crippen LogP contribution is 2.05. The third kappa shape index (κ3) is 4.23. The number of hydrogen-bond acceptors (Lipinski definition) is 4. The monoisotopic (exact) mass is 222 g/mol. The van der Waals surface area contributed by atoms with E-state index in [-0.39, 0.29) is 31.8 Å². The molecule has 4 heteroatoms. The number of esters is 1. The highest BCUT2D eigenvalue weighted by Gasteiger charge is 2.09. The standard InChI is InChI=1S/C12H14O4/c13-8-9-16-12(15)7-6-11(14)10-4-2-1-3-5-10/h1-5,13H,6-9H2. The van der Waals surface area contributed by atoms with Gasteiger partial charge in [-0.25, -0.2) is 0 Å². The van der Waals surface area contributed by atoms with E-state index < -0.39 is 5.97 Å². The van der Waals surface area contributed by atoms with Crippen LogP contribution < -0.4 is 0 Å². The lowest BCUT2D eigenvalue weighted by atomic mass is 10.1. The number of rotatable bonds is 6. The summed E-state index contributed by atoms with van der Waals surface area (Å²) in [6.07, 6.45) is 0.183. The van der Waals surface area contributed by atoms with Crippen LogP contribution in [0.2, 0.25) is 0 Å². The first-order chi connectivity index (χ1) is 7.74. The molecule has 1 rings (SSSR count). The first-order valence-corrected chi connectivity index (χ1v) is 5.09. The van der Waals surface area contributed by atoms with Crippen LogP contribution in [-0.2, 0) is 9.53 Å². The summed E-state index contributed by atoms with van der Waals surface area (Å²) < 4.78 is 4.64. The summed E-state index contributed by atoms with van der Waals surface area (Å²) in [5.41, 5.74) is 0.595. The van der Waals surface area contributed by atoms with Crippen LogP contribution in [0.3, 0.4) is 0 Å². The summed E-state index contributed by atoms with van der Waals surface area (Å²) in [7, 11) is 0. The van der Waals surface area contributed by atoms with Crippen molar-refractivity contribution in [2.24, 2.45) is 0 Å². The van der Waals surface area contributed by atoms with E-state index in [4.69, 9.17) is 5.11 Å². The van der Waals surface area contributed by atoms with E-state index in [1.807, 2.05) is 6.07 Å². The number of carbonyl (C=O) groups excluding carboxylic acids is 2. The number of hydrogen-bond donors (Lipinski definition) is 1. The lowest BCUT2D eigenvalue weighted by Crippen LogP contribution is -2.10. The van der Waals surface area contributed by atoms with Gasteiger partial charge in [-0.1, -0.05) is 30.3 Å². The van der Waals surface area contributed by atoms with Crippen LogP contribution in [0.1, 0.15) is 23.2 Å². The van der Waals surface area contributed by atoms with Crippen molar-refractivity contribution in [1.29, 1.82) is 0 Å². The summed E-state index contributed by atoms with van der Waals surface area (Å²) >= 11 is 0. The van der Waals surface area contributed by atoms with E-state index in [1.165, 1.54) is 0 Å². The van der Waals surface area contributed by atoms with Gasteiger partial charge in [0, 0.05) is 12.0 Å². The van der Waals surface area contributed by atoms with E-state index >= 15 is 0 Å². The predicted molar refractivity (Wildman–Crippen MR) is 58.1 cm³/mol. The molecule has 0 radical (unpaired) electrons. The minimum Gasteiger partial charge on any atom is -0.463 e. The normalized spacial score (nSPS) is 9.81. The molecule has 0 aliphatic rings. The Kier molecular flexibility index (Phi) is 5.22. The number of ether oxygens (including phenoxy) is 1. The summed E-state index contributed by atoms with van der Waals surface area (Å²) in [6.45, 7) is -0.212. The second-order valence-corrected chi connectivity index (χ2v) is 3.23. The van der Waals surface area contributed by atoms with Crippen LogP contribution in [0.4, 0.5) is 0 Å². The molecule has 0 aliphatic carbocycles. The minimum absolute atomic E-state index is 0.0155. The Morgan fingerprint density at radius 1 is 1.12 bits per heavy atom. The number of ketones is 1. The van der Waals surface area contributed by atoms with Crippen molar-refractivity contribution in [3.63, 3.8) is 0 Å². The van der Waals surface area contributed by atoms with Gasteiger partial charge in [-0.15, -0.1) is 0 Å². The fraction of sp³-hybridized carbons (Fsp3) is 0.333. The minimum atomic E-state index is -0.460. The van der Waals surface area contributed by atoms with Gasteiger partial charge in [0.25, 0.3) is 0 Å². The van der Waals surface area contributed by atoms with Gasteiger partial charge in [0.15, 0.2) is 5.78 Å². The van der Waals surface area contributed by atoms with Crippen LogP contribution in [0.15, 0.2) is 30.3 Å². The van der Waals surface area contributed by atoms with Crippen molar-refractivity contribution in [2.45, 2.75) is 12.8 Å². The number of aliphatic hydroxyl groups is 1. The van der Waals surface area contributed by atoms with Crippen LogP contribution in [0.25, 0.3) is 0 Å². The molecule has 0 heterocycles. The number of carbonyl (C=O) groups is 2. The molecule has 0 saturated carbocycles. The largest absolute Gasteiger partial charge is 0.463 e. The molecular weight excluding hydrogens is 208 g/mol. The van der Waals surface area contributed by atoms with E-state index in [1.54, 1.807) is 24.3 Å². The molecule has 0 aromatic heterocycles. The van der Waals surface area contributed by atoms with Gasteiger partial charge < -0.3 is 9.84 Å². The maximum absolute atomic E-state index is 11.6. The zero-order chi connectivity index (χ0) is 11.8. The fourth-order valence-electron chi connectivity index (χ4n) is 1.22. The van der Waals surface area contributed by atoms with Crippen molar-refractivity contribution in [1.82, 2.24) is 0 Å². The second-order valence-electron chi connectivity index (χ2n) is 3.23. The van der Waals surface area contributed by atoms with E-state index in [9.17, 15) is 9.59 Å². The predicted octanol–water partition coefficient (Wildman–Crippen LogP) is 1.18. The van der Waals surface area contributed by atoms with Gasteiger partial charge in [-0.2, -0.15) is 0 Å². The molecular formula is C12H14O4. The van der Waals surface area contributed by atoms with Crippen molar-refractivity contribution in [3.8, 4) is 0 Å². The number of benzene rings is 1. The molecule has 0 saturated heterocycles. The van der Waals surface area contributed by atoms with Gasteiger partial charge in [0.05, 0.1) is 13.0 Å².